The zero-order valence-corrected chi connectivity index (χ0v) is 11.1. The molecule has 0 aliphatic carbocycles. The molecule has 3 rings (SSSR count). The number of rotatable bonds is 2. The average Bonchev–Trinajstić information content (AvgIpc) is 2.89. The topological polar surface area (TPSA) is 34.5 Å². The van der Waals surface area contributed by atoms with Gasteiger partial charge in [0.2, 0.25) is 0 Å². The molecule has 1 aliphatic heterocycles. The van der Waals surface area contributed by atoms with Crippen LogP contribution < -0.4 is 0 Å². The van der Waals surface area contributed by atoms with Crippen LogP contribution in [0.2, 0.25) is 0 Å². The van der Waals surface area contributed by atoms with Gasteiger partial charge in [0.05, 0.1) is 11.6 Å². The lowest BCUT2D eigenvalue weighted by molar-refractivity contribution is 0.152. The van der Waals surface area contributed by atoms with E-state index in [0.29, 0.717) is 6.61 Å². The van der Waals surface area contributed by atoms with Gasteiger partial charge in [0, 0.05) is 12.4 Å². The second kappa shape index (κ2) is 4.50. The van der Waals surface area contributed by atoms with E-state index in [-0.39, 0.29) is 5.41 Å². The predicted octanol–water partition coefficient (Wildman–Crippen LogP) is 3.00. The van der Waals surface area contributed by atoms with Crippen LogP contribution in [-0.2, 0) is 10.3 Å². The monoisotopic (exact) mass is 252 g/mol. The first-order valence-corrected chi connectivity index (χ1v) is 6.36. The average molecular weight is 252 g/mol. The third kappa shape index (κ3) is 2.01. The van der Waals surface area contributed by atoms with Crippen molar-refractivity contribution in [1.82, 2.24) is 4.98 Å². The molecule has 0 radical (unpaired) electrons. The Kier molecular flexibility index (Phi) is 2.82. The minimum atomic E-state index is -0.292. The highest BCUT2D eigenvalue weighted by atomic mass is 16.6. The fraction of sp³-hybridized carbons (Fsp3) is 0.250. The zero-order valence-electron chi connectivity index (χ0n) is 11.1. The summed E-state index contributed by atoms with van der Waals surface area (Å²) >= 11 is 0. The Balaban J connectivity index is 2.19. The third-order valence-electron chi connectivity index (χ3n) is 3.57. The second-order valence-corrected chi connectivity index (χ2v) is 5.09. The Labute approximate surface area is 112 Å². The van der Waals surface area contributed by atoms with Crippen molar-refractivity contribution < 1.29 is 4.84 Å². The molecular weight excluding hydrogens is 236 g/mol. The van der Waals surface area contributed by atoms with Crippen molar-refractivity contribution in [1.29, 1.82) is 0 Å². The van der Waals surface area contributed by atoms with E-state index in [2.05, 4.69) is 42.2 Å². The minimum absolute atomic E-state index is 0.292. The van der Waals surface area contributed by atoms with Gasteiger partial charge < -0.3 is 4.84 Å². The molecule has 96 valence electrons. The van der Waals surface area contributed by atoms with Gasteiger partial charge in [-0.05, 0) is 37.1 Å². The molecule has 1 aromatic carbocycles. The lowest BCUT2D eigenvalue weighted by Crippen LogP contribution is -2.31. The molecule has 0 saturated carbocycles. The summed E-state index contributed by atoms with van der Waals surface area (Å²) in [6.07, 6.45) is 5.52. The summed E-state index contributed by atoms with van der Waals surface area (Å²) in [6.45, 7) is 4.77. The molecule has 0 amide bonds. The molecule has 19 heavy (non-hydrogen) atoms. The number of aromatic nitrogens is 1. The Hall–Kier alpha value is -2.16. The van der Waals surface area contributed by atoms with Crippen molar-refractivity contribution in [2.45, 2.75) is 19.3 Å². The normalized spacial score (nSPS) is 21.4. The highest BCUT2D eigenvalue weighted by molar-refractivity contribution is 5.80. The van der Waals surface area contributed by atoms with Gasteiger partial charge in [0.15, 0.2) is 0 Å². The molecule has 1 unspecified atom stereocenters. The van der Waals surface area contributed by atoms with Gasteiger partial charge in [-0.2, -0.15) is 0 Å². The Morgan fingerprint density at radius 3 is 2.26 bits per heavy atom. The summed E-state index contributed by atoms with van der Waals surface area (Å²) < 4.78 is 0. The van der Waals surface area contributed by atoms with Crippen LogP contribution in [0.3, 0.4) is 0 Å². The lowest BCUT2D eigenvalue weighted by Gasteiger charge is -2.25. The van der Waals surface area contributed by atoms with E-state index < -0.39 is 0 Å². The summed E-state index contributed by atoms with van der Waals surface area (Å²) in [4.78, 5) is 9.39. The molecule has 1 aromatic heterocycles. The van der Waals surface area contributed by atoms with Crippen LogP contribution >= 0.6 is 0 Å². The number of benzene rings is 1. The van der Waals surface area contributed by atoms with Crippen molar-refractivity contribution in [3.63, 3.8) is 0 Å². The van der Waals surface area contributed by atoms with Gasteiger partial charge in [0.25, 0.3) is 0 Å². The first kappa shape index (κ1) is 11.9. The fourth-order valence-corrected chi connectivity index (χ4v) is 2.67. The number of aryl methyl sites for hydroxylation is 2. The molecule has 0 bridgehead atoms. The van der Waals surface area contributed by atoms with Crippen LogP contribution in [0.15, 0.2) is 47.9 Å². The Morgan fingerprint density at radius 1 is 1.00 bits per heavy atom. The smallest absolute Gasteiger partial charge is 0.136 e. The van der Waals surface area contributed by atoms with Crippen LogP contribution in [0.1, 0.15) is 22.3 Å². The molecule has 3 heteroatoms. The molecule has 2 aromatic rings. The molecule has 0 spiro atoms. The van der Waals surface area contributed by atoms with Crippen molar-refractivity contribution in [2.75, 3.05) is 6.61 Å². The van der Waals surface area contributed by atoms with E-state index in [9.17, 15) is 0 Å². The summed E-state index contributed by atoms with van der Waals surface area (Å²) in [6, 6.07) is 10.6. The maximum Gasteiger partial charge on any atom is 0.136 e. The van der Waals surface area contributed by atoms with Crippen LogP contribution in [0, 0.1) is 13.8 Å². The summed E-state index contributed by atoms with van der Waals surface area (Å²) in [5, 5.41) is 4.00. The fourth-order valence-electron chi connectivity index (χ4n) is 2.67. The second-order valence-electron chi connectivity index (χ2n) is 5.09. The van der Waals surface area contributed by atoms with Crippen LogP contribution in [0.4, 0.5) is 0 Å². The maximum absolute atomic E-state index is 5.30. The summed E-state index contributed by atoms with van der Waals surface area (Å²) in [5.41, 5.74) is 4.60. The van der Waals surface area contributed by atoms with E-state index in [1.807, 2.05) is 30.7 Å². The first-order valence-electron chi connectivity index (χ1n) is 6.36. The van der Waals surface area contributed by atoms with Gasteiger partial charge in [-0.1, -0.05) is 34.5 Å². The lowest BCUT2D eigenvalue weighted by atomic mass is 9.76. The number of pyridine rings is 1. The molecule has 0 fully saturated rings. The summed E-state index contributed by atoms with van der Waals surface area (Å²) in [5.74, 6) is 0. The van der Waals surface area contributed by atoms with Crippen LogP contribution in [0.5, 0.6) is 0 Å². The SMILES string of the molecule is Cc1cc(C)cc(C2(c3ccncc3)C=NOC2)c1. The number of oxime groups is 1. The Morgan fingerprint density at radius 2 is 1.68 bits per heavy atom. The highest BCUT2D eigenvalue weighted by Crippen LogP contribution is 2.34. The van der Waals surface area contributed by atoms with Crippen LogP contribution in [0.25, 0.3) is 0 Å². The van der Waals surface area contributed by atoms with Crippen LogP contribution in [-0.4, -0.2) is 17.8 Å². The van der Waals surface area contributed by atoms with E-state index in [1.165, 1.54) is 16.7 Å². The van der Waals surface area contributed by atoms with Gasteiger partial charge >= 0.3 is 0 Å². The standard InChI is InChI=1S/C16H16N2O/c1-12-7-13(2)9-15(8-12)16(10-18-19-11-16)14-3-5-17-6-4-14/h3-10H,11H2,1-2H3. The van der Waals surface area contributed by atoms with E-state index in [0.717, 1.165) is 5.56 Å². The van der Waals surface area contributed by atoms with Gasteiger partial charge in [-0.15, -0.1) is 0 Å². The van der Waals surface area contributed by atoms with E-state index >= 15 is 0 Å². The predicted molar refractivity (Wildman–Crippen MR) is 75.4 cm³/mol. The molecule has 0 N–H and O–H groups in total. The molecule has 1 atom stereocenters. The van der Waals surface area contributed by atoms with Gasteiger partial charge in [-0.3, -0.25) is 4.98 Å². The molecular formula is C16H16N2O. The largest absolute Gasteiger partial charge is 0.394 e. The quantitative estimate of drug-likeness (QED) is 0.823. The van der Waals surface area contributed by atoms with Gasteiger partial charge in [0.1, 0.15) is 6.61 Å². The number of hydrogen-bond donors (Lipinski definition) is 0. The summed E-state index contributed by atoms with van der Waals surface area (Å²) in [7, 11) is 0. The number of nitrogens with zero attached hydrogens (tertiary/aromatic N) is 2. The van der Waals surface area contributed by atoms with E-state index in [4.69, 9.17) is 4.84 Å². The van der Waals surface area contributed by atoms with Crippen molar-refractivity contribution >= 4 is 6.21 Å². The van der Waals surface area contributed by atoms with Crippen molar-refractivity contribution in [2.24, 2.45) is 5.16 Å². The molecule has 2 heterocycles. The maximum atomic E-state index is 5.30. The number of hydrogen-bond acceptors (Lipinski definition) is 3. The van der Waals surface area contributed by atoms with E-state index in [1.54, 1.807) is 0 Å². The van der Waals surface area contributed by atoms with Gasteiger partial charge in [-0.25, -0.2) is 0 Å². The first-order chi connectivity index (χ1) is 9.21. The highest BCUT2D eigenvalue weighted by Gasteiger charge is 2.37. The van der Waals surface area contributed by atoms with Crippen molar-refractivity contribution in [3.8, 4) is 0 Å². The zero-order chi connectivity index (χ0) is 13.3. The van der Waals surface area contributed by atoms with Crippen molar-refractivity contribution in [3.05, 3.63) is 65.0 Å². The Bertz CT molecular complexity index is 602. The molecule has 0 saturated heterocycles. The molecule has 1 aliphatic rings. The minimum Gasteiger partial charge on any atom is -0.394 e. The molecule has 3 nitrogen and oxygen atoms in total. The third-order valence-corrected chi connectivity index (χ3v) is 3.57.